The first-order valence-corrected chi connectivity index (χ1v) is 2.81. The first kappa shape index (κ1) is 16.6. The topological polar surface area (TPSA) is 26.5 Å². The zero-order valence-electron chi connectivity index (χ0n) is 7.33. The number of nitrogens with zero attached hydrogens (tertiary/aromatic N) is 2. The Morgan fingerprint density at radius 3 is 1.90 bits per heavy atom. The van der Waals surface area contributed by atoms with Gasteiger partial charge in [-0.3, -0.25) is 0 Å². The second kappa shape index (κ2) is 9.09. The number of aliphatic imine (C=N–C) groups is 1. The van der Waals surface area contributed by atoms with E-state index < -0.39 is 0 Å². The summed E-state index contributed by atoms with van der Waals surface area (Å²) in [5.74, 6) is 0.875. The molecule has 2 nitrogen and oxygen atoms in total. The Hall–Kier alpha value is 0.0934. The molecule has 0 N–H and O–H groups in total. The molecule has 0 bridgehead atoms. The first-order valence-electron chi connectivity index (χ1n) is 2.81. The Labute approximate surface area is 77.3 Å². The van der Waals surface area contributed by atoms with Crippen LogP contribution in [0.2, 0.25) is 0 Å². The van der Waals surface area contributed by atoms with Gasteiger partial charge in [-0.2, -0.15) is 0 Å². The Bertz CT molecular complexity index is 89.6. The molecule has 0 fully saturated rings. The maximum absolute atomic E-state index is 4.15. The van der Waals surface area contributed by atoms with Gasteiger partial charge in [0, 0.05) is 0 Å². The largest absolute Gasteiger partial charge is 2.00 e. The molecule has 0 radical (unpaired) electrons. The van der Waals surface area contributed by atoms with E-state index >= 15 is 0 Å². The van der Waals surface area contributed by atoms with Crippen LogP contribution in [0.25, 0.3) is 5.32 Å². The van der Waals surface area contributed by atoms with E-state index in [2.05, 4.69) is 10.3 Å². The van der Waals surface area contributed by atoms with E-state index in [4.69, 9.17) is 0 Å². The van der Waals surface area contributed by atoms with E-state index in [-0.39, 0.29) is 26.9 Å². The maximum atomic E-state index is 4.15. The number of amidine groups is 1. The predicted molar refractivity (Wildman–Crippen MR) is 43.9 cm³/mol. The van der Waals surface area contributed by atoms with Crippen molar-refractivity contribution in [1.82, 2.24) is 0 Å². The molecule has 0 spiro atoms. The fourth-order valence-electron chi connectivity index (χ4n) is 0.431. The summed E-state index contributed by atoms with van der Waals surface area (Å²) >= 11 is 0. The number of hydrogen-bond acceptors (Lipinski definition) is 1. The van der Waals surface area contributed by atoms with Crippen molar-refractivity contribution in [2.75, 3.05) is 7.05 Å². The van der Waals surface area contributed by atoms with Crippen molar-refractivity contribution in [3.8, 4) is 0 Å². The van der Waals surface area contributed by atoms with Gasteiger partial charge in [-0.05, 0) is 13.0 Å². The minimum Gasteiger partial charge on any atom is -0.473 e. The SMILES string of the molecule is C[N-]C(C)=NC(C)C.[CH3-].[Ru+2]. The molecule has 0 saturated heterocycles. The molecule has 0 aromatic carbocycles. The van der Waals surface area contributed by atoms with Gasteiger partial charge >= 0.3 is 19.5 Å². The molecule has 0 rings (SSSR count). The van der Waals surface area contributed by atoms with E-state index in [9.17, 15) is 0 Å². The van der Waals surface area contributed by atoms with Gasteiger partial charge in [0.25, 0.3) is 0 Å². The van der Waals surface area contributed by atoms with Crippen LogP contribution in [0.15, 0.2) is 4.99 Å². The normalized spacial score (nSPS) is 9.90. The standard InChI is InChI=1S/C6H13N2.CH3.Ru/c1-5(2)8-6(3)7-4;;/h5H,1-4H3;1H3;/q2*-1;+2. The summed E-state index contributed by atoms with van der Waals surface area (Å²) in [5, 5.41) is 3.88. The van der Waals surface area contributed by atoms with Crippen molar-refractivity contribution in [2.24, 2.45) is 4.99 Å². The van der Waals surface area contributed by atoms with Gasteiger partial charge in [0.2, 0.25) is 0 Å². The summed E-state index contributed by atoms with van der Waals surface area (Å²) in [4.78, 5) is 4.15. The van der Waals surface area contributed by atoms with Crippen LogP contribution in [-0.2, 0) is 19.5 Å². The van der Waals surface area contributed by atoms with Crippen molar-refractivity contribution in [3.63, 3.8) is 0 Å². The monoisotopic (exact) mass is 230 g/mol. The zero-order chi connectivity index (χ0) is 6.57. The van der Waals surface area contributed by atoms with Crippen molar-refractivity contribution < 1.29 is 19.5 Å². The summed E-state index contributed by atoms with van der Waals surface area (Å²) in [6.07, 6.45) is 0. The van der Waals surface area contributed by atoms with Crippen LogP contribution in [-0.4, -0.2) is 18.9 Å². The smallest absolute Gasteiger partial charge is 0.473 e. The van der Waals surface area contributed by atoms with Gasteiger partial charge in [-0.25, -0.2) is 0 Å². The molecule has 0 aromatic heterocycles. The van der Waals surface area contributed by atoms with Gasteiger partial charge in [-0.15, -0.1) is 0 Å². The molecule has 10 heavy (non-hydrogen) atoms. The summed E-state index contributed by atoms with van der Waals surface area (Å²) in [6.45, 7) is 5.98. The van der Waals surface area contributed by atoms with Crippen LogP contribution < -0.4 is 0 Å². The van der Waals surface area contributed by atoms with E-state index in [1.165, 1.54) is 0 Å². The Morgan fingerprint density at radius 1 is 1.40 bits per heavy atom. The van der Waals surface area contributed by atoms with Crippen LogP contribution in [0.3, 0.4) is 0 Å². The summed E-state index contributed by atoms with van der Waals surface area (Å²) < 4.78 is 0. The third-order valence-electron chi connectivity index (χ3n) is 0.769. The summed E-state index contributed by atoms with van der Waals surface area (Å²) in [6, 6.07) is 0.374. The van der Waals surface area contributed by atoms with Gasteiger partial charge < -0.3 is 17.7 Å². The summed E-state index contributed by atoms with van der Waals surface area (Å²) in [5.41, 5.74) is 0. The Balaban J connectivity index is -0.000000245. The molecule has 0 saturated carbocycles. The quantitative estimate of drug-likeness (QED) is 0.285. The first-order chi connectivity index (χ1) is 3.66. The number of rotatable bonds is 1. The van der Waals surface area contributed by atoms with Crippen molar-refractivity contribution in [1.29, 1.82) is 0 Å². The average Bonchev–Trinajstić information content (AvgIpc) is 1.65. The minimum atomic E-state index is 0. The molecule has 0 aliphatic carbocycles. The fourth-order valence-corrected chi connectivity index (χ4v) is 0.431. The van der Waals surface area contributed by atoms with Gasteiger partial charge in [-0.1, -0.05) is 26.7 Å². The van der Waals surface area contributed by atoms with E-state index in [1.54, 1.807) is 7.05 Å². The molecular formula is C7H16N2Ru. The molecule has 0 aliphatic heterocycles. The van der Waals surface area contributed by atoms with Gasteiger partial charge in [0.1, 0.15) is 0 Å². The molecule has 0 unspecified atom stereocenters. The predicted octanol–water partition coefficient (Wildman–Crippen LogP) is 2.26. The molecule has 0 amide bonds. The zero-order valence-corrected chi connectivity index (χ0v) is 9.06. The third kappa shape index (κ3) is 11.0. The van der Waals surface area contributed by atoms with E-state index in [1.807, 2.05) is 20.8 Å². The van der Waals surface area contributed by atoms with E-state index in [0.29, 0.717) is 6.04 Å². The van der Waals surface area contributed by atoms with Crippen LogP contribution in [0.5, 0.6) is 0 Å². The molecule has 0 aliphatic rings. The second-order valence-corrected chi connectivity index (χ2v) is 1.99. The number of hydrogen-bond donors (Lipinski definition) is 0. The Morgan fingerprint density at radius 2 is 1.80 bits per heavy atom. The van der Waals surface area contributed by atoms with E-state index in [0.717, 1.165) is 5.84 Å². The average molecular weight is 229 g/mol. The second-order valence-electron chi connectivity index (χ2n) is 1.99. The van der Waals surface area contributed by atoms with Crippen molar-refractivity contribution >= 4 is 5.84 Å². The van der Waals surface area contributed by atoms with Crippen molar-refractivity contribution in [3.05, 3.63) is 12.7 Å². The molecule has 62 valence electrons. The van der Waals surface area contributed by atoms with Gasteiger partial charge in [0.05, 0.1) is 0 Å². The molecule has 3 heteroatoms. The molecular weight excluding hydrogens is 213 g/mol. The third-order valence-corrected chi connectivity index (χ3v) is 0.769. The molecule has 0 aromatic rings. The molecule has 0 heterocycles. The summed E-state index contributed by atoms with van der Waals surface area (Å²) in [7, 11) is 1.75. The maximum Gasteiger partial charge on any atom is 2.00 e. The Kier molecular flexibility index (Phi) is 15.1. The van der Waals surface area contributed by atoms with Crippen LogP contribution >= 0.6 is 0 Å². The van der Waals surface area contributed by atoms with Gasteiger partial charge in [0.15, 0.2) is 0 Å². The minimum absolute atomic E-state index is 0. The molecule has 0 atom stereocenters. The van der Waals surface area contributed by atoms with Crippen LogP contribution in [0, 0.1) is 7.43 Å². The van der Waals surface area contributed by atoms with Crippen LogP contribution in [0.1, 0.15) is 20.8 Å². The van der Waals surface area contributed by atoms with Crippen LogP contribution in [0.4, 0.5) is 0 Å². The van der Waals surface area contributed by atoms with Crippen molar-refractivity contribution in [2.45, 2.75) is 26.8 Å². The fraction of sp³-hybridized carbons (Fsp3) is 0.714.